The molecule has 2 aromatic rings. The predicted octanol–water partition coefficient (Wildman–Crippen LogP) is 4.50. The second kappa shape index (κ2) is 5.69. The third kappa shape index (κ3) is 2.61. The normalized spacial score (nSPS) is 12.5. The maximum Gasteiger partial charge on any atom is 0.171 e. The van der Waals surface area contributed by atoms with Gasteiger partial charge in [-0.15, -0.1) is 11.3 Å². The van der Waals surface area contributed by atoms with Gasteiger partial charge < -0.3 is 9.84 Å². The van der Waals surface area contributed by atoms with Crippen molar-refractivity contribution in [3.8, 4) is 5.75 Å². The second-order valence-corrected chi connectivity index (χ2v) is 7.29. The molecular formula is C12H9Br2FO2S. The van der Waals surface area contributed by atoms with Gasteiger partial charge in [0.25, 0.3) is 0 Å². The quantitative estimate of drug-likeness (QED) is 0.828. The fourth-order valence-electron chi connectivity index (χ4n) is 1.60. The van der Waals surface area contributed by atoms with Crippen molar-refractivity contribution in [3.05, 3.63) is 48.8 Å². The van der Waals surface area contributed by atoms with E-state index in [2.05, 4.69) is 31.9 Å². The van der Waals surface area contributed by atoms with Gasteiger partial charge in [0.2, 0.25) is 0 Å². The molecule has 1 atom stereocenters. The Morgan fingerprint density at radius 2 is 2.06 bits per heavy atom. The molecule has 6 heteroatoms. The van der Waals surface area contributed by atoms with Crippen molar-refractivity contribution in [1.82, 2.24) is 0 Å². The Balaban J connectivity index is 2.46. The Morgan fingerprint density at radius 1 is 1.33 bits per heavy atom. The van der Waals surface area contributed by atoms with Crippen LogP contribution in [-0.4, -0.2) is 12.2 Å². The topological polar surface area (TPSA) is 29.5 Å². The summed E-state index contributed by atoms with van der Waals surface area (Å²) in [6.45, 7) is 0. The summed E-state index contributed by atoms with van der Waals surface area (Å²) in [5.74, 6) is -0.418. The Hall–Kier alpha value is -0.430. The Kier molecular flexibility index (Phi) is 4.42. The van der Waals surface area contributed by atoms with Gasteiger partial charge in [-0.25, -0.2) is 4.39 Å². The first-order valence-electron chi connectivity index (χ1n) is 4.99. The predicted molar refractivity (Wildman–Crippen MR) is 76.7 cm³/mol. The summed E-state index contributed by atoms with van der Waals surface area (Å²) in [5.41, 5.74) is 0.819. The van der Waals surface area contributed by atoms with Crippen molar-refractivity contribution in [2.45, 2.75) is 6.10 Å². The largest absolute Gasteiger partial charge is 0.494 e. The highest BCUT2D eigenvalue weighted by atomic mass is 79.9. The van der Waals surface area contributed by atoms with Gasteiger partial charge in [0.1, 0.15) is 6.10 Å². The van der Waals surface area contributed by atoms with Crippen LogP contribution >= 0.6 is 43.2 Å². The number of aliphatic hydroxyl groups excluding tert-OH is 1. The summed E-state index contributed by atoms with van der Waals surface area (Å²) in [5, 5.41) is 10.2. The van der Waals surface area contributed by atoms with Gasteiger partial charge in [-0.3, -0.25) is 0 Å². The van der Waals surface area contributed by atoms with Gasteiger partial charge in [-0.05, 0) is 44.0 Å². The minimum Gasteiger partial charge on any atom is -0.494 e. The van der Waals surface area contributed by atoms with E-state index in [1.807, 2.05) is 0 Å². The lowest BCUT2D eigenvalue weighted by molar-refractivity contribution is 0.213. The van der Waals surface area contributed by atoms with E-state index in [-0.39, 0.29) is 11.3 Å². The molecule has 1 aromatic carbocycles. The number of halogens is 3. The molecule has 1 unspecified atom stereocenters. The number of aliphatic hydroxyl groups is 1. The first-order valence-corrected chi connectivity index (χ1v) is 7.40. The maximum absolute atomic E-state index is 14.0. The van der Waals surface area contributed by atoms with E-state index in [0.717, 1.165) is 7.57 Å². The van der Waals surface area contributed by atoms with Crippen LogP contribution in [0.4, 0.5) is 4.39 Å². The highest BCUT2D eigenvalue weighted by Gasteiger charge is 2.21. The molecule has 2 nitrogen and oxygen atoms in total. The lowest BCUT2D eigenvalue weighted by Gasteiger charge is -2.13. The van der Waals surface area contributed by atoms with E-state index < -0.39 is 11.9 Å². The number of methoxy groups -OCH3 is 1. The maximum atomic E-state index is 14.0. The molecule has 0 saturated heterocycles. The number of thiophene rings is 1. The van der Waals surface area contributed by atoms with Crippen molar-refractivity contribution in [2.24, 2.45) is 0 Å². The summed E-state index contributed by atoms with van der Waals surface area (Å²) >= 11 is 8.11. The summed E-state index contributed by atoms with van der Waals surface area (Å²) in [6.07, 6.45) is -1.03. The molecule has 0 aliphatic rings. The molecule has 0 amide bonds. The van der Waals surface area contributed by atoms with Crippen LogP contribution in [0.3, 0.4) is 0 Å². The van der Waals surface area contributed by atoms with E-state index in [0.29, 0.717) is 5.56 Å². The summed E-state index contributed by atoms with van der Waals surface area (Å²) < 4.78 is 20.6. The van der Waals surface area contributed by atoms with E-state index in [4.69, 9.17) is 4.74 Å². The van der Waals surface area contributed by atoms with Crippen molar-refractivity contribution in [2.75, 3.05) is 7.11 Å². The molecule has 0 aliphatic carbocycles. The smallest absolute Gasteiger partial charge is 0.171 e. The fourth-order valence-corrected chi connectivity index (χ4v) is 4.49. The van der Waals surface area contributed by atoms with E-state index >= 15 is 0 Å². The number of hydrogen-bond donors (Lipinski definition) is 1. The molecule has 1 heterocycles. The number of hydrogen-bond acceptors (Lipinski definition) is 3. The molecule has 1 aromatic heterocycles. The zero-order valence-corrected chi connectivity index (χ0v) is 13.3. The molecule has 0 fully saturated rings. The minimum absolute atomic E-state index is 0.122. The summed E-state index contributed by atoms with van der Waals surface area (Å²) in [7, 11) is 1.39. The van der Waals surface area contributed by atoms with Gasteiger partial charge in [-0.2, -0.15) is 0 Å². The van der Waals surface area contributed by atoms with Crippen LogP contribution in [0, 0.1) is 5.82 Å². The standard InChI is InChI=1S/C12H9Br2FO2S/c1-17-8-4-2-3-6(10(8)15)11(16)7-5-9(13)18-12(7)14/h2-5,11,16H,1H3. The number of benzene rings is 1. The van der Waals surface area contributed by atoms with Crippen molar-refractivity contribution in [1.29, 1.82) is 0 Å². The SMILES string of the molecule is COc1cccc(C(O)c2cc(Br)sc2Br)c1F. The monoisotopic (exact) mass is 394 g/mol. The third-order valence-electron chi connectivity index (χ3n) is 2.49. The molecule has 0 aliphatic heterocycles. The minimum atomic E-state index is -1.03. The second-order valence-electron chi connectivity index (χ2n) is 3.55. The van der Waals surface area contributed by atoms with Crippen molar-refractivity contribution in [3.63, 3.8) is 0 Å². The van der Waals surface area contributed by atoms with Gasteiger partial charge in [0.05, 0.1) is 14.7 Å². The molecule has 0 saturated carbocycles. The molecule has 2 rings (SSSR count). The molecule has 1 N–H and O–H groups in total. The first-order chi connectivity index (χ1) is 8.54. The molecule has 96 valence electrons. The highest BCUT2D eigenvalue weighted by molar-refractivity contribution is 9.12. The first kappa shape index (κ1) is 14.0. The third-order valence-corrected chi connectivity index (χ3v) is 4.87. The van der Waals surface area contributed by atoms with E-state index in [9.17, 15) is 9.50 Å². The summed E-state index contributed by atoms with van der Waals surface area (Å²) in [6, 6.07) is 6.47. The van der Waals surface area contributed by atoms with E-state index in [1.54, 1.807) is 18.2 Å². The van der Waals surface area contributed by atoms with Crippen LogP contribution in [0.15, 0.2) is 31.8 Å². The Morgan fingerprint density at radius 3 is 2.61 bits per heavy atom. The fraction of sp³-hybridized carbons (Fsp3) is 0.167. The van der Waals surface area contributed by atoms with Crippen LogP contribution in [0.1, 0.15) is 17.2 Å². The van der Waals surface area contributed by atoms with Crippen LogP contribution in [0.25, 0.3) is 0 Å². The Bertz CT molecular complexity index is 571. The number of rotatable bonds is 3. The van der Waals surface area contributed by atoms with Gasteiger partial charge in [0, 0.05) is 11.1 Å². The average Bonchev–Trinajstić information content (AvgIpc) is 2.68. The van der Waals surface area contributed by atoms with Crippen LogP contribution in [0.2, 0.25) is 0 Å². The Labute approximate surface area is 125 Å². The van der Waals surface area contributed by atoms with Crippen LogP contribution in [0.5, 0.6) is 5.75 Å². The van der Waals surface area contributed by atoms with Crippen LogP contribution < -0.4 is 4.74 Å². The van der Waals surface area contributed by atoms with Crippen molar-refractivity contribution >= 4 is 43.2 Å². The molecular weight excluding hydrogens is 387 g/mol. The molecule has 0 spiro atoms. The zero-order chi connectivity index (χ0) is 13.3. The van der Waals surface area contributed by atoms with E-state index in [1.165, 1.54) is 24.5 Å². The summed E-state index contributed by atoms with van der Waals surface area (Å²) in [4.78, 5) is 0. The molecule has 0 bridgehead atoms. The van der Waals surface area contributed by atoms with Gasteiger partial charge in [0.15, 0.2) is 11.6 Å². The lowest BCUT2D eigenvalue weighted by atomic mass is 10.0. The molecule has 18 heavy (non-hydrogen) atoms. The molecule has 0 radical (unpaired) electrons. The average molecular weight is 396 g/mol. The lowest BCUT2D eigenvalue weighted by Crippen LogP contribution is -2.03. The highest BCUT2D eigenvalue weighted by Crippen LogP contribution is 2.39. The van der Waals surface area contributed by atoms with Crippen molar-refractivity contribution < 1.29 is 14.2 Å². The van der Waals surface area contributed by atoms with Gasteiger partial charge in [-0.1, -0.05) is 12.1 Å². The number of ether oxygens (including phenoxy) is 1. The van der Waals surface area contributed by atoms with Gasteiger partial charge >= 0.3 is 0 Å². The van der Waals surface area contributed by atoms with Crippen LogP contribution in [-0.2, 0) is 0 Å². The zero-order valence-electron chi connectivity index (χ0n) is 9.28.